The lowest BCUT2D eigenvalue weighted by molar-refractivity contribution is -0.149. The second-order valence-corrected chi connectivity index (χ2v) is 6.55. The topological polar surface area (TPSA) is 142 Å². The van der Waals surface area contributed by atoms with Crippen LogP contribution in [0.1, 0.15) is 64.2 Å². The van der Waals surface area contributed by atoms with Gasteiger partial charge in [0.2, 0.25) is 0 Å². The molecule has 0 aliphatic rings. The molecule has 10 nitrogen and oxygen atoms in total. The third-order valence-electron chi connectivity index (χ3n) is 3.88. The van der Waals surface area contributed by atoms with Gasteiger partial charge >= 0.3 is 29.8 Å². The fourth-order valence-electron chi connectivity index (χ4n) is 2.25. The van der Waals surface area contributed by atoms with E-state index in [2.05, 4.69) is 11.3 Å². The SMILES string of the molecule is C=CC(=O)OCCOC(=O)CCCCCOC(=O)CCCCCOC(=O)CCC(=O)O. The molecular weight excluding hydrogens is 412 g/mol. The molecule has 31 heavy (non-hydrogen) atoms. The summed E-state index contributed by atoms with van der Waals surface area (Å²) in [5.74, 6) is -2.82. The smallest absolute Gasteiger partial charge is 0.330 e. The van der Waals surface area contributed by atoms with Gasteiger partial charge in [-0.1, -0.05) is 6.58 Å². The van der Waals surface area contributed by atoms with Crippen molar-refractivity contribution < 1.29 is 48.0 Å². The van der Waals surface area contributed by atoms with E-state index in [0.717, 1.165) is 6.08 Å². The summed E-state index contributed by atoms with van der Waals surface area (Å²) >= 11 is 0. The van der Waals surface area contributed by atoms with Crippen LogP contribution >= 0.6 is 0 Å². The summed E-state index contributed by atoms with van der Waals surface area (Å²) in [6.07, 6.45) is 5.01. The number of carboxylic acid groups (broad SMARTS) is 1. The van der Waals surface area contributed by atoms with Gasteiger partial charge in [0.1, 0.15) is 13.2 Å². The Morgan fingerprint density at radius 2 is 1.03 bits per heavy atom. The van der Waals surface area contributed by atoms with Gasteiger partial charge in [0.25, 0.3) is 0 Å². The fourth-order valence-corrected chi connectivity index (χ4v) is 2.25. The maximum absolute atomic E-state index is 11.6. The molecule has 0 aromatic rings. The second kappa shape index (κ2) is 19.1. The Hall–Kier alpha value is -2.91. The van der Waals surface area contributed by atoms with Crippen LogP contribution in [0.2, 0.25) is 0 Å². The zero-order valence-corrected chi connectivity index (χ0v) is 17.8. The Labute approximate surface area is 181 Å². The first kappa shape index (κ1) is 28.1. The quantitative estimate of drug-likeness (QED) is 0.136. The Morgan fingerprint density at radius 1 is 0.581 bits per heavy atom. The van der Waals surface area contributed by atoms with E-state index in [1.165, 1.54) is 0 Å². The molecule has 10 heteroatoms. The first-order valence-corrected chi connectivity index (χ1v) is 10.3. The molecule has 1 N–H and O–H groups in total. The van der Waals surface area contributed by atoms with Gasteiger partial charge in [0, 0.05) is 18.9 Å². The van der Waals surface area contributed by atoms with Gasteiger partial charge in [-0.15, -0.1) is 0 Å². The molecule has 0 aliphatic carbocycles. The number of rotatable bonds is 19. The number of unbranched alkanes of at least 4 members (excludes halogenated alkanes) is 4. The highest BCUT2D eigenvalue weighted by molar-refractivity contribution is 5.81. The molecular formula is C21H32O10. The number of carbonyl (C=O) groups excluding carboxylic acids is 4. The van der Waals surface area contributed by atoms with E-state index in [9.17, 15) is 24.0 Å². The average molecular weight is 444 g/mol. The van der Waals surface area contributed by atoms with Crippen LogP contribution in [-0.2, 0) is 42.9 Å². The highest BCUT2D eigenvalue weighted by atomic mass is 16.6. The first-order chi connectivity index (χ1) is 14.8. The van der Waals surface area contributed by atoms with Crippen molar-refractivity contribution >= 4 is 29.8 Å². The fraction of sp³-hybridized carbons (Fsp3) is 0.667. The third kappa shape index (κ3) is 20.2. The molecule has 0 saturated carbocycles. The van der Waals surface area contributed by atoms with Crippen molar-refractivity contribution in [2.24, 2.45) is 0 Å². The van der Waals surface area contributed by atoms with Gasteiger partial charge in [-0.25, -0.2) is 4.79 Å². The molecule has 0 radical (unpaired) electrons. The van der Waals surface area contributed by atoms with E-state index in [-0.39, 0.29) is 64.0 Å². The van der Waals surface area contributed by atoms with Crippen LogP contribution in [0.4, 0.5) is 0 Å². The molecule has 176 valence electrons. The molecule has 0 saturated heterocycles. The number of hydrogen-bond donors (Lipinski definition) is 1. The Bertz CT molecular complexity index is 585. The van der Waals surface area contributed by atoms with Crippen molar-refractivity contribution in [1.82, 2.24) is 0 Å². The summed E-state index contributed by atoms with van der Waals surface area (Å²) in [5, 5.41) is 8.45. The molecule has 0 aliphatic heterocycles. The summed E-state index contributed by atoms with van der Waals surface area (Å²) in [5.41, 5.74) is 0. The Morgan fingerprint density at radius 3 is 1.52 bits per heavy atom. The lowest BCUT2D eigenvalue weighted by atomic mass is 10.2. The molecule has 0 aromatic heterocycles. The molecule has 0 spiro atoms. The van der Waals surface area contributed by atoms with Crippen molar-refractivity contribution in [3.8, 4) is 0 Å². The highest BCUT2D eigenvalue weighted by Gasteiger charge is 2.07. The van der Waals surface area contributed by atoms with Crippen LogP contribution in [0, 0.1) is 0 Å². The van der Waals surface area contributed by atoms with Crippen LogP contribution in [0.5, 0.6) is 0 Å². The van der Waals surface area contributed by atoms with Gasteiger partial charge < -0.3 is 24.1 Å². The van der Waals surface area contributed by atoms with Crippen LogP contribution < -0.4 is 0 Å². The molecule has 0 fully saturated rings. The number of carboxylic acids is 1. The van der Waals surface area contributed by atoms with Crippen molar-refractivity contribution in [3.05, 3.63) is 12.7 Å². The molecule has 0 rings (SSSR count). The number of carbonyl (C=O) groups is 5. The predicted molar refractivity (Wildman–Crippen MR) is 108 cm³/mol. The van der Waals surface area contributed by atoms with E-state index in [4.69, 9.17) is 19.3 Å². The second-order valence-electron chi connectivity index (χ2n) is 6.55. The van der Waals surface area contributed by atoms with Crippen molar-refractivity contribution in [2.45, 2.75) is 64.2 Å². The molecule has 0 bridgehead atoms. The Kier molecular flexibility index (Phi) is 17.3. The van der Waals surface area contributed by atoms with E-state index in [1.807, 2.05) is 0 Å². The largest absolute Gasteiger partial charge is 0.481 e. The molecule has 0 aromatic carbocycles. The summed E-state index contributed by atoms with van der Waals surface area (Å²) < 4.78 is 19.6. The van der Waals surface area contributed by atoms with Crippen LogP contribution in [0.15, 0.2) is 12.7 Å². The zero-order valence-electron chi connectivity index (χ0n) is 17.8. The number of hydrogen-bond acceptors (Lipinski definition) is 9. The van der Waals surface area contributed by atoms with E-state index in [1.54, 1.807) is 0 Å². The van der Waals surface area contributed by atoms with Crippen LogP contribution in [0.25, 0.3) is 0 Å². The number of aliphatic carboxylic acids is 1. The lowest BCUT2D eigenvalue weighted by Gasteiger charge is -2.06. The monoisotopic (exact) mass is 444 g/mol. The average Bonchev–Trinajstić information content (AvgIpc) is 2.74. The maximum Gasteiger partial charge on any atom is 0.330 e. The minimum atomic E-state index is -1.04. The predicted octanol–water partition coefficient (Wildman–Crippen LogP) is 2.33. The third-order valence-corrected chi connectivity index (χ3v) is 3.88. The van der Waals surface area contributed by atoms with Gasteiger partial charge in [-0.3, -0.25) is 19.2 Å². The lowest BCUT2D eigenvalue weighted by Crippen LogP contribution is -2.12. The van der Waals surface area contributed by atoms with Gasteiger partial charge in [0.05, 0.1) is 26.1 Å². The molecule has 0 atom stereocenters. The van der Waals surface area contributed by atoms with Gasteiger partial charge in [-0.05, 0) is 38.5 Å². The van der Waals surface area contributed by atoms with Crippen LogP contribution in [0.3, 0.4) is 0 Å². The van der Waals surface area contributed by atoms with Crippen LogP contribution in [-0.4, -0.2) is 61.4 Å². The van der Waals surface area contributed by atoms with Gasteiger partial charge in [0.15, 0.2) is 0 Å². The number of ether oxygens (including phenoxy) is 4. The Balaban J connectivity index is 3.43. The van der Waals surface area contributed by atoms with E-state index < -0.39 is 17.9 Å². The highest BCUT2D eigenvalue weighted by Crippen LogP contribution is 2.05. The molecule has 0 unspecified atom stereocenters. The van der Waals surface area contributed by atoms with Crippen molar-refractivity contribution in [1.29, 1.82) is 0 Å². The van der Waals surface area contributed by atoms with E-state index in [0.29, 0.717) is 38.5 Å². The maximum atomic E-state index is 11.6. The summed E-state index contributed by atoms with van der Waals surface area (Å²) in [4.78, 5) is 55.4. The minimum Gasteiger partial charge on any atom is -0.481 e. The summed E-state index contributed by atoms with van der Waals surface area (Å²) in [6, 6.07) is 0. The molecule has 0 amide bonds. The standard InChI is InChI=1S/C21H32O10/c1-2-18(24)30-15-16-31-20(26)10-6-4-7-13-28-19(25)9-5-3-8-14-29-21(27)12-11-17(22)23/h2H,1,3-16H2,(H,22,23). The number of esters is 4. The molecule has 0 heterocycles. The van der Waals surface area contributed by atoms with Crippen molar-refractivity contribution in [3.63, 3.8) is 0 Å². The summed E-state index contributed by atoms with van der Waals surface area (Å²) in [6.45, 7) is 3.73. The normalized spacial score (nSPS) is 10.1. The van der Waals surface area contributed by atoms with E-state index >= 15 is 0 Å². The minimum absolute atomic E-state index is 0.00316. The zero-order chi connectivity index (χ0) is 23.3. The van der Waals surface area contributed by atoms with Crippen molar-refractivity contribution in [2.75, 3.05) is 26.4 Å². The van der Waals surface area contributed by atoms with Gasteiger partial charge in [-0.2, -0.15) is 0 Å². The summed E-state index contributed by atoms with van der Waals surface area (Å²) in [7, 11) is 0. The first-order valence-electron chi connectivity index (χ1n) is 10.3.